The topological polar surface area (TPSA) is 141 Å². The first-order valence-corrected chi connectivity index (χ1v) is 13.1. The number of carbonyl (C=O) groups excluding carboxylic acids is 1. The number of aryl methyl sites for hydroxylation is 1. The number of nitrogens with zero attached hydrogens (tertiary/aromatic N) is 4. The molecule has 0 atom stereocenters. The van der Waals surface area contributed by atoms with Gasteiger partial charge in [-0.15, -0.1) is 11.3 Å². The minimum absolute atomic E-state index is 0.0666. The molecule has 13 heteroatoms. The van der Waals surface area contributed by atoms with E-state index in [1.165, 1.54) is 35.2 Å². The fourth-order valence-corrected chi connectivity index (χ4v) is 6.41. The van der Waals surface area contributed by atoms with E-state index in [0.29, 0.717) is 31.0 Å². The highest BCUT2D eigenvalue weighted by Gasteiger charge is 2.25. The van der Waals surface area contributed by atoms with Gasteiger partial charge in [-0.05, 0) is 54.6 Å². The average Bonchev–Trinajstić information content (AvgIpc) is 3.42. The van der Waals surface area contributed by atoms with Crippen molar-refractivity contribution in [2.45, 2.75) is 16.2 Å². The number of aliphatic imine (C=N–C) groups is 1. The molecule has 0 radical (unpaired) electrons. The third-order valence-corrected chi connectivity index (χ3v) is 8.29. The molecular formula is C24H15N5O5S3. The molecule has 2 heterocycles. The molecule has 184 valence electrons. The smallest absolute Gasteiger partial charge is 0.283 e. The Bertz CT molecular complexity index is 1630. The van der Waals surface area contributed by atoms with E-state index in [2.05, 4.69) is 15.3 Å². The van der Waals surface area contributed by atoms with Crippen molar-refractivity contribution >= 4 is 79.3 Å². The number of para-hydroxylation sites is 1. The van der Waals surface area contributed by atoms with Crippen LogP contribution in [0.2, 0.25) is 0 Å². The summed E-state index contributed by atoms with van der Waals surface area (Å²) in [6, 6.07) is 16.9. The zero-order chi connectivity index (χ0) is 26.1. The lowest BCUT2D eigenvalue weighted by atomic mass is 10.2. The summed E-state index contributed by atoms with van der Waals surface area (Å²) in [4.78, 5) is 44.1. The van der Waals surface area contributed by atoms with Gasteiger partial charge in [0, 0.05) is 17.7 Å². The number of amidine groups is 1. The van der Waals surface area contributed by atoms with E-state index in [1.54, 1.807) is 37.3 Å². The van der Waals surface area contributed by atoms with Gasteiger partial charge in [-0.3, -0.25) is 25.0 Å². The van der Waals surface area contributed by atoms with Crippen LogP contribution >= 0.6 is 34.9 Å². The van der Waals surface area contributed by atoms with Crippen LogP contribution < -0.4 is 5.32 Å². The molecule has 0 bridgehead atoms. The van der Waals surface area contributed by atoms with Crippen molar-refractivity contribution in [2.24, 2.45) is 4.99 Å². The highest BCUT2D eigenvalue weighted by atomic mass is 32.2. The number of nitro groups is 2. The molecule has 0 saturated carbocycles. The van der Waals surface area contributed by atoms with E-state index in [-0.39, 0.29) is 16.5 Å². The van der Waals surface area contributed by atoms with E-state index in [9.17, 15) is 25.0 Å². The predicted molar refractivity (Wildman–Crippen MR) is 145 cm³/mol. The Morgan fingerprint density at radius 1 is 1.03 bits per heavy atom. The maximum absolute atomic E-state index is 12.5. The molecular weight excluding hydrogens is 534 g/mol. The van der Waals surface area contributed by atoms with Crippen LogP contribution in [0.15, 0.2) is 79.8 Å². The Kier molecular flexibility index (Phi) is 6.74. The normalized spacial score (nSPS) is 15.4. The highest BCUT2D eigenvalue weighted by molar-refractivity contribution is 8.18. The van der Waals surface area contributed by atoms with Crippen LogP contribution in [0, 0.1) is 27.2 Å². The number of aromatic nitrogens is 1. The third-order valence-electron chi connectivity index (χ3n) is 5.22. The first-order valence-electron chi connectivity index (χ1n) is 10.6. The number of nitrogens with one attached hydrogen (secondary N) is 1. The molecule has 1 saturated heterocycles. The number of amides is 1. The Morgan fingerprint density at radius 2 is 1.81 bits per heavy atom. The molecule has 10 nitrogen and oxygen atoms in total. The average molecular weight is 550 g/mol. The molecule has 37 heavy (non-hydrogen) atoms. The Hall–Kier alpha value is -4.07. The molecule has 5 rings (SSSR count). The second-order valence-electron chi connectivity index (χ2n) is 7.74. The van der Waals surface area contributed by atoms with Crippen molar-refractivity contribution in [2.75, 3.05) is 0 Å². The van der Waals surface area contributed by atoms with Gasteiger partial charge in [-0.1, -0.05) is 36.0 Å². The zero-order valence-corrected chi connectivity index (χ0v) is 21.4. The summed E-state index contributed by atoms with van der Waals surface area (Å²) in [6.45, 7) is 1.63. The second kappa shape index (κ2) is 10.1. The molecule has 0 spiro atoms. The van der Waals surface area contributed by atoms with Crippen molar-refractivity contribution in [1.29, 1.82) is 0 Å². The fraction of sp³-hybridized carbons (Fsp3) is 0.0417. The number of fused-ring (bicyclic) bond motifs is 1. The van der Waals surface area contributed by atoms with Crippen LogP contribution in [0.3, 0.4) is 0 Å². The largest absolute Gasteiger partial charge is 0.300 e. The highest BCUT2D eigenvalue weighted by Crippen LogP contribution is 2.39. The van der Waals surface area contributed by atoms with Gasteiger partial charge in [0.05, 0.1) is 35.6 Å². The van der Waals surface area contributed by atoms with E-state index in [4.69, 9.17) is 0 Å². The number of nitro benzene ring substituents is 2. The summed E-state index contributed by atoms with van der Waals surface area (Å²) in [5, 5.41) is 25.9. The van der Waals surface area contributed by atoms with Crippen LogP contribution in [-0.2, 0) is 4.79 Å². The minimum atomic E-state index is -0.490. The van der Waals surface area contributed by atoms with Gasteiger partial charge in [0.1, 0.15) is 0 Å². The first kappa shape index (κ1) is 24.6. The predicted octanol–water partition coefficient (Wildman–Crippen LogP) is 6.46. The molecule has 1 aliphatic rings. The van der Waals surface area contributed by atoms with Crippen molar-refractivity contribution < 1.29 is 14.6 Å². The first-order chi connectivity index (χ1) is 17.8. The standard InChI is InChI=1S/C24H15N5O5S3/c1-13-6-8-15(12-17(13)28(31)32)25-23-27-22(30)21(35-23)11-14-7-9-20(18(10-14)29(33)34)37-24-26-16-4-2-3-5-19(16)36-24/h2-12H,1H3,(H,25,27,30)/b21-11-. The van der Waals surface area contributed by atoms with Gasteiger partial charge in [0.2, 0.25) is 0 Å². The molecule has 4 aromatic rings. The van der Waals surface area contributed by atoms with Crippen LogP contribution in [0.25, 0.3) is 16.3 Å². The number of hydrogen-bond donors (Lipinski definition) is 1. The number of carbonyl (C=O) groups is 1. The Morgan fingerprint density at radius 3 is 2.57 bits per heavy atom. The lowest BCUT2D eigenvalue weighted by Crippen LogP contribution is -2.19. The molecule has 1 amide bonds. The number of thiazole rings is 1. The molecule has 3 aromatic carbocycles. The molecule has 0 unspecified atom stereocenters. The van der Waals surface area contributed by atoms with Gasteiger partial charge in [0.15, 0.2) is 9.51 Å². The summed E-state index contributed by atoms with van der Waals surface area (Å²) < 4.78 is 1.69. The molecule has 1 aromatic heterocycles. The van der Waals surface area contributed by atoms with Crippen molar-refractivity contribution in [3.63, 3.8) is 0 Å². The van der Waals surface area contributed by atoms with Crippen molar-refractivity contribution in [1.82, 2.24) is 10.3 Å². The van der Waals surface area contributed by atoms with Gasteiger partial charge < -0.3 is 5.32 Å². The van der Waals surface area contributed by atoms with Crippen LogP contribution in [0.1, 0.15) is 11.1 Å². The second-order valence-corrected chi connectivity index (χ2v) is 11.1. The Balaban J connectivity index is 1.39. The van der Waals surface area contributed by atoms with Gasteiger partial charge >= 0.3 is 0 Å². The maximum Gasteiger partial charge on any atom is 0.283 e. The minimum Gasteiger partial charge on any atom is -0.300 e. The quantitative estimate of drug-likeness (QED) is 0.164. The van der Waals surface area contributed by atoms with Gasteiger partial charge in [-0.25, -0.2) is 9.98 Å². The van der Waals surface area contributed by atoms with E-state index < -0.39 is 15.8 Å². The molecule has 0 aliphatic carbocycles. The summed E-state index contributed by atoms with van der Waals surface area (Å²) in [6.07, 6.45) is 1.54. The third kappa shape index (κ3) is 5.38. The maximum atomic E-state index is 12.5. The molecule has 1 fully saturated rings. The van der Waals surface area contributed by atoms with E-state index in [0.717, 1.165) is 22.0 Å². The monoisotopic (exact) mass is 549 g/mol. The summed E-state index contributed by atoms with van der Waals surface area (Å²) in [5.74, 6) is -0.416. The number of hydrogen-bond acceptors (Lipinski definition) is 10. The van der Waals surface area contributed by atoms with Crippen LogP contribution in [-0.4, -0.2) is 25.9 Å². The van der Waals surface area contributed by atoms with Gasteiger partial charge in [0.25, 0.3) is 17.3 Å². The number of thioether (sulfide) groups is 1. The number of rotatable bonds is 6. The SMILES string of the molecule is Cc1ccc(N=C2NC(=O)/C(=C/c3ccc(Sc4nc5ccccc5s4)c([N+](=O)[O-])c3)S2)cc1[N+](=O)[O-]. The molecule has 1 N–H and O–H groups in total. The van der Waals surface area contributed by atoms with Gasteiger partial charge in [-0.2, -0.15) is 0 Å². The number of benzene rings is 3. The van der Waals surface area contributed by atoms with E-state index in [1.807, 2.05) is 24.3 Å². The summed E-state index contributed by atoms with van der Waals surface area (Å²) in [7, 11) is 0. The van der Waals surface area contributed by atoms with Crippen LogP contribution in [0.4, 0.5) is 17.1 Å². The lowest BCUT2D eigenvalue weighted by Gasteiger charge is -2.02. The Labute approximate surface area is 221 Å². The summed E-state index contributed by atoms with van der Waals surface area (Å²) >= 11 is 3.72. The zero-order valence-electron chi connectivity index (χ0n) is 18.9. The van der Waals surface area contributed by atoms with Crippen molar-refractivity contribution in [3.05, 3.63) is 96.9 Å². The fourth-order valence-electron chi connectivity index (χ4n) is 3.46. The summed E-state index contributed by atoms with van der Waals surface area (Å²) in [5.41, 5.74) is 1.98. The van der Waals surface area contributed by atoms with Crippen molar-refractivity contribution in [3.8, 4) is 0 Å². The lowest BCUT2D eigenvalue weighted by molar-refractivity contribution is -0.387. The van der Waals surface area contributed by atoms with E-state index >= 15 is 0 Å². The molecule has 1 aliphatic heterocycles. The van der Waals surface area contributed by atoms with Crippen LogP contribution in [0.5, 0.6) is 0 Å².